The van der Waals surface area contributed by atoms with Crippen LogP contribution in [0.4, 0.5) is 11.4 Å². The molecule has 0 saturated carbocycles. The standard InChI is InChI=1S/C14H19N5O/c1-18(2)14(20)11-4-5-13(12(15)10-11)16-7-9-19-8-3-6-17-19/h3-6,8,10,16H,7,9,15H2,1-2H3. The summed E-state index contributed by atoms with van der Waals surface area (Å²) < 4.78 is 1.84. The topological polar surface area (TPSA) is 76.2 Å². The minimum Gasteiger partial charge on any atom is -0.397 e. The fourth-order valence-corrected chi connectivity index (χ4v) is 1.85. The van der Waals surface area contributed by atoms with Crippen LogP contribution in [0.1, 0.15) is 10.4 Å². The van der Waals surface area contributed by atoms with Gasteiger partial charge in [0.05, 0.1) is 17.9 Å². The molecule has 0 aliphatic heterocycles. The van der Waals surface area contributed by atoms with Gasteiger partial charge in [0.1, 0.15) is 0 Å². The summed E-state index contributed by atoms with van der Waals surface area (Å²) in [5.41, 5.74) is 7.95. The van der Waals surface area contributed by atoms with E-state index in [0.717, 1.165) is 12.2 Å². The average molecular weight is 273 g/mol. The molecule has 0 aliphatic carbocycles. The summed E-state index contributed by atoms with van der Waals surface area (Å²) in [6.45, 7) is 1.47. The van der Waals surface area contributed by atoms with Crippen LogP contribution in [0.25, 0.3) is 0 Å². The predicted molar refractivity (Wildman–Crippen MR) is 79.6 cm³/mol. The third-order valence-corrected chi connectivity index (χ3v) is 2.92. The van der Waals surface area contributed by atoms with Crippen molar-refractivity contribution in [2.45, 2.75) is 6.54 Å². The van der Waals surface area contributed by atoms with Crippen molar-refractivity contribution >= 4 is 17.3 Å². The number of hydrogen-bond donors (Lipinski definition) is 2. The molecule has 1 amide bonds. The van der Waals surface area contributed by atoms with E-state index in [9.17, 15) is 4.79 Å². The van der Waals surface area contributed by atoms with Crippen molar-refractivity contribution < 1.29 is 4.79 Å². The summed E-state index contributed by atoms with van der Waals surface area (Å²) in [6.07, 6.45) is 3.65. The van der Waals surface area contributed by atoms with Gasteiger partial charge in [0.15, 0.2) is 0 Å². The fraction of sp³-hybridized carbons (Fsp3) is 0.286. The Bertz CT molecular complexity index is 577. The minimum atomic E-state index is -0.0557. The molecular formula is C14H19N5O. The maximum atomic E-state index is 11.8. The average Bonchev–Trinajstić information content (AvgIpc) is 2.92. The second-order valence-corrected chi connectivity index (χ2v) is 4.70. The first-order valence-electron chi connectivity index (χ1n) is 6.40. The van der Waals surface area contributed by atoms with E-state index in [2.05, 4.69) is 10.4 Å². The molecular weight excluding hydrogens is 254 g/mol. The molecule has 0 bridgehead atoms. The summed E-state index contributed by atoms with van der Waals surface area (Å²) in [5, 5.41) is 7.36. The molecule has 3 N–H and O–H groups in total. The zero-order valence-corrected chi connectivity index (χ0v) is 11.7. The lowest BCUT2D eigenvalue weighted by Crippen LogP contribution is -2.21. The van der Waals surface area contributed by atoms with Crippen LogP contribution in [0.2, 0.25) is 0 Å². The molecule has 0 spiro atoms. The number of nitrogens with zero attached hydrogens (tertiary/aromatic N) is 3. The normalized spacial score (nSPS) is 10.3. The fourth-order valence-electron chi connectivity index (χ4n) is 1.85. The highest BCUT2D eigenvalue weighted by Crippen LogP contribution is 2.20. The highest BCUT2D eigenvalue weighted by atomic mass is 16.2. The molecule has 20 heavy (non-hydrogen) atoms. The van der Waals surface area contributed by atoms with Gasteiger partial charge in [-0.05, 0) is 24.3 Å². The Morgan fingerprint density at radius 1 is 1.45 bits per heavy atom. The van der Waals surface area contributed by atoms with Crippen molar-refractivity contribution in [3.05, 3.63) is 42.2 Å². The van der Waals surface area contributed by atoms with Crippen molar-refractivity contribution in [1.29, 1.82) is 0 Å². The van der Waals surface area contributed by atoms with E-state index in [1.165, 1.54) is 4.90 Å². The Morgan fingerprint density at radius 2 is 2.25 bits per heavy atom. The van der Waals surface area contributed by atoms with Gasteiger partial charge in [0, 0.05) is 38.6 Å². The number of carbonyl (C=O) groups is 1. The lowest BCUT2D eigenvalue weighted by Gasteiger charge is -2.13. The second kappa shape index (κ2) is 6.10. The van der Waals surface area contributed by atoms with Crippen LogP contribution in [0.3, 0.4) is 0 Å². The number of rotatable bonds is 5. The third-order valence-electron chi connectivity index (χ3n) is 2.92. The van der Waals surface area contributed by atoms with Gasteiger partial charge in [-0.3, -0.25) is 9.48 Å². The Hall–Kier alpha value is -2.50. The maximum absolute atomic E-state index is 11.8. The van der Waals surface area contributed by atoms with Crippen LogP contribution >= 0.6 is 0 Å². The van der Waals surface area contributed by atoms with Crippen LogP contribution < -0.4 is 11.1 Å². The second-order valence-electron chi connectivity index (χ2n) is 4.70. The van der Waals surface area contributed by atoms with Gasteiger partial charge in [-0.25, -0.2) is 0 Å². The summed E-state index contributed by atoms with van der Waals surface area (Å²) in [4.78, 5) is 13.3. The van der Waals surface area contributed by atoms with Gasteiger partial charge in [-0.1, -0.05) is 0 Å². The molecule has 2 aromatic rings. The molecule has 0 radical (unpaired) electrons. The van der Waals surface area contributed by atoms with Gasteiger partial charge in [0.25, 0.3) is 5.91 Å². The van der Waals surface area contributed by atoms with E-state index < -0.39 is 0 Å². The number of amides is 1. The number of hydrogen-bond acceptors (Lipinski definition) is 4. The van der Waals surface area contributed by atoms with Gasteiger partial charge in [-0.2, -0.15) is 5.10 Å². The van der Waals surface area contributed by atoms with Crippen LogP contribution in [-0.4, -0.2) is 41.2 Å². The number of carbonyl (C=O) groups excluding carboxylic acids is 1. The molecule has 0 aliphatic rings. The molecule has 2 rings (SSSR count). The van der Waals surface area contributed by atoms with Crippen LogP contribution in [0.15, 0.2) is 36.7 Å². The van der Waals surface area contributed by atoms with Crippen LogP contribution in [-0.2, 0) is 6.54 Å². The Kier molecular flexibility index (Phi) is 4.24. The molecule has 0 fully saturated rings. The molecule has 6 nitrogen and oxygen atoms in total. The smallest absolute Gasteiger partial charge is 0.253 e. The molecule has 0 saturated heterocycles. The van der Waals surface area contributed by atoms with E-state index in [1.54, 1.807) is 32.4 Å². The molecule has 1 heterocycles. The number of nitrogens with one attached hydrogen (secondary N) is 1. The monoisotopic (exact) mass is 273 g/mol. The summed E-state index contributed by atoms with van der Waals surface area (Å²) >= 11 is 0. The lowest BCUT2D eigenvalue weighted by molar-refractivity contribution is 0.0827. The summed E-state index contributed by atoms with van der Waals surface area (Å²) in [7, 11) is 3.43. The van der Waals surface area contributed by atoms with E-state index in [4.69, 9.17) is 5.73 Å². The van der Waals surface area contributed by atoms with Gasteiger partial charge < -0.3 is 16.0 Å². The molecule has 1 aromatic heterocycles. The van der Waals surface area contributed by atoms with E-state index >= 15 is 0 Å². The number of anilines is 2. The van der Waals surface area contributed by atoms with Crippen molar-refractivity contribution in [3.63, 3.8) is 0 Å². The molecule has 0 atom stereocenters. The number of aromatic nitrogens is 2. The Labute approximate surface area is 118 Å². The highest BCUT2D eigenvalue weighted by Gasteiger charge is 2.09. The first-order chi connectivity index (χ1) is 9.58. The number of nitrogens with two attached hydrogens (primary N) is 1. The zero-order chi connectivity index (χ0) is 14.5. The first-order valence-corrected chi connectivity index (χ1v) is 6.40. The van der Waals surface area contributed by atoms with Gasteiger partial charge in [0.2, 0.25) is 0 Å². The molecule has 0 unspecified atom stereocenters. The van der Waals surface area contributed by atoms with E-state index in [-0.39, 0.29) is 5.91 Å². The SMILES string of the molecule is CN(C)C(=O)c1ccc(NCCn2cccn2)c(N)c1. The van der Waals surface area contributed by atoms with Crippen LogP contribution in [0, 0.1) is 0 Å². The van der Waals surface area contributed by atoms with E-state index in [0.29, 0.717) is 17.8 Å². The van der Waals surface area contributed by atoms with Crippen molar-refractivity contribution in [2.75, 3.05) is 31.7 Å². The molecule has 6 heteroatoms. The summed E-state index contributed by atoms with van der Waals surface area (Å²) in [5.74, 6) is -0.0557. The minimum absolute atomic E-state index is 0.0557. The zero-order valence-electron chi connectivity index (χ0n) is 11.7. The number of nitrogen functional groups attached to an aromatic ring is 1. The van der Waals surface area contributed by atoms with Crippen molar-refractivity contribution in [1.82, 2.24) is 14.7 Å². The van der Waals surface area contributed by atoms with Gasteiger partial charge >= 0.3 is 0 Å². The van der Waals surface area contributed by atoms with Crippen LogP contribution in [0.5, 0.6) is 0 Å². The number of benzene rings is 1. The predicted octanol–water partition coefficient (Wildman–Crippen LogP) is 1.28. The molecule has 106 valence electrons. The van der Waals surface area contributed by atoms with Crippen molar-refractivity contribution in [3.8, 4) is 0 Å². The summed E-state index contributed by atoms with van der Waals surface area (Å²) in [6, 6.07) is 7.18. The maximum Gasteiger partial charge on any atom is 0.253 e. The Balaban J connectivity index is 1.97. The molecule has 1 aromatic carbocycles. The first kappa shape index (κ1) is 13.9. The third kappa shape index (κ3) is 3.28. The van der Waals surface area contributed by atoms with Gasteiger partial charge in [-0.15, -0.1) is 0 Å². The lowest BCUT2D eigenvalue weighted by atomic mass is 10.1. The largest absolute Gasteiger partial charge is 0.397 e. The Morgan fingerprint density at radius 3 is 2.85 bits per heavy atom. The quantitative estimate of drug-likeness (QED) is 0.805. The van der Waals surface area contributed by atoms with Crippen molar-refractivity contribution in [2.24, 2.45) is 0 Å². The van der Waals surface area contributed by atoms with E-state index in [1.807, 2.05) is 23.0 Å². The highest BCUT2D eigenvalue weighted by molar-refractivity contribution is 5.95.